The van der Waals surface area contributed by atoms with E-state index >= 15 is 0 Å². The molecule has 0 N–H and O–H groups in total. The number of nitrogens with zero attached hydrogens (tertiary/aromatic N) is 2. The molecule has 0 unspecified atom stereocenters. The highest BCUT2D eigenvalue weighted by atomic mass is 16.6. The topological polar surface area (TPSA) is 108 Å². The zero-order valence-corrected chi connectivity index (χ0v) is 16.8. The van der Waals surface area contributed by atoms with Gasteiger partial charge in [-0.05, 0) is 55.0 Å². The fourth-order valence-electron chi connectivity index (χ4n) is 2.99. The predicted molar refractivity (Wildman–Crippen MR) is 116 cm³/mol. The van der Waals surface area contributed by atoms with Crippen molar-refractivity contribution in [3.05, 3.63) is 111 Å². The van der Waals surface area contributed by atoms with Gasteiger partial charge in [0.05, 0.1) is 10.5 Å². The molecule has 1 aliphatic rings. The molecule has 0 aromatic heterocycles. The molecule has 8 nitrogen and oxygen atoms in total. The van der Waals surface area contributed by atoms with Crippen LogP contribution in [0.1, 0.15) is 27.0 Å². The quantitative estimate of drug-likeness (QED) is 0.195. The summed E-state index contributed by atoms with van der Waals surface area (Å²) in [5.41, 5.74) is 2.65. The van der Waals surface area contributed by atoms with Crippen LogP contribution in [0, 0.1) is 17.0 Å². The van der Waals surface area contributed by atoms with Gasteiger partial charge in [-0.15, -0.1) is 0 Å². The Morgan fingerprint density at radius 3 is 2.44 bits per heavy atom. The first kappa shape index (κ1) is 20.7. The van der Waals surface area contributed by atoms with Gasteiger partial charge >= 0.3 is 11.9 Å². The summed E-state index contributed by atoms with van der Waals surface area (Å²) in [7, 11) is 0. The monoisotopic (exact) mass is 428 g/mol. The smallest absolute Gasteiger partial charge is 0.363 e. The number of carbonyl (C=O) groups excluding carboxylic acids is 2. The normalized spacial score (nSPS) is 14.1. The summed E-state index contributed by atoms with van der Waals surface area (Å²) in [6, 6.07) is 19.1. The lowest BCUT2D eigenvalue weighted by atomic mass is 10.1. The van der Waals surface area contributed by atoms with Gasteiger partial charge in [-0.1, -0.05) is 29.8 Å². The Morgan fingerprint density at radius 2 is 1.78 bits per heavy atom. The number of ether oxygens (including phenoxy) is 2. The van der Waals surface area contributed by atoms with E-state index in [1.54, 1.807) is 30.3 Å². The third-order valence-corrected chi connectivity index (χ3v) is 4.59. The molecule has 0 amide bonds. The van der Waals surface area contributed by atoms with Crippen molar-refractivity contribution in [3.8, 4) is 5.75 Å². The standard InChI is InChI=1S/C24H16N2O6/c1-15-3-2-4-18(13-15)22-25-21(24(28)32-22)14-16-5-11-20(12-6-16)31-23(27)17-7-9-19(10-8-17)26(29)30/h2-14H,1H3/b21-14-. The Hall–Kier alpha value is -4.59. The largest absolute Gasteiger partial charge is 0.423 e. The van der Waals surface area contributed by atoms with E-state index in [4.69, 9.17) is 9.47 Å². The molecule has 158 valence electrons. The second-order valence-corrected chi connectivity index (χ2v) is 6.97. The third kappa shape index (κ3) is 4.59. The van der Waals surface area contributed by atoms with Gasteiger partial charge in [0.25, 0.3) is 5.69 Å². The SMILES string of the molecule is Cc1cccc(C2=N/C(=C\c3ccc(OC(=O)c4ccc([N+](=O)[O-])cc4)cc3)C(=O)O2)c1. The van der Waals surface area contributed by atoms with E-state index in [1.807, 2.05) is 31.2 Å². The van der Waals surface area contributed by atoms with E-state index in [9.17, 15) is 19.7 Å². The summed E-state index contributed by atoms with van der Waals surface area (Å²) in [6.45, 7) is 1.94. The number of benzene rings is 3. The van der Waals surface area contributed by atoms with Crippen LogP contribution in [0.25, 0.3) is 6.08 Å². The third-order valence-electron chi connectivity index (χ3n) is 4.59. The number of aliphatic imine (C=N–C) groups is 1. The lowest BCUT2D eigenvalue weighted by molar-refractivity contribution is -0.384. The first-order chi connectivity index (χ1) is 15.4. The van der Waals surface area contributed by atoms with Crippen LogP contribution >= 0.6 is 0 Å². The fraction of sp³-hybridized carbons (Fsp3) is 0.0417. The van der Waals surface area contributed by atoms with Crippen molar-refractivity contribution in [2.75, 3.05) is 0 Å². The molecule has 0 bridgehead atoms. The summed E-state index contributed by atoms with van der Waals surface area (Å²) >= 11 is 0. The van der Waals surface area contributed by atoms with Crippen molar-refractivity contribution >= 4 is 29.6 Å². The molecule has 0 radical (unpaired) electrons. The average Bonchev–Trinajstić information content (AvgIpc) is 3.15. The van der Waals surface area contributed by atoms with Crippen molar-refractivity contribution in [1.82, 2.24) is 0 Å². The Kier molecular flexibility index (Phi) is 5.59. The van der Waals surface area contributed by atoms with Gasteiger partial charge in [0.2, 0.25) is 5.90 Å². The van der Waals surface area contributed by atoms with E-state index < -0.39 is 16.9 Å². The summed E-state index contributed by atoms with van der Waals surface area (Å²) < 4.78 is 10.6. The predicted octanol–water partition coefficient (Wildman–Crippen LogP) is 4.47. The molecule has 1 heterocycles. The van der Waals surface area contributed by atoms with Crippen molar-refractivity contribution in [1.29, 1.82) is 0 Å². The highest BCUT2D eigenvalue weighted by Crippen LogP contribution is 2.22. The minimum absolute atomic E-state index is 0.113. The summed E-state index contributed by atoms with van der Waals surface area (Å²) in [4.78, 5) is 38.8. The molecule has 0 atom stereocenters. The van der Waals surface area contributed by atoms with Crippen LogP contribution in [-0.4, -0.2) is 22.8 Å². The number of cyclic esters (lactones) is 1. The Labute approximate surface area is 182 Å². The first-order valence-electron chi connectivity index (χ1n) is 9.55. The van der Waals surface area contributed by atoms with E-state index in [-0.39, 0.29) is 28.6 Å². The van der Waals surface area contributed by atoms with Gasteiger partial charge in [-0.2, -0.15) is 0 Å². The molecule has 4 rings (SSSR count). The number of nitro groups is 1. The molecule has 0 saturated carbocycles. The van der Waals surface area contributed by atoms with Crippen molar-refractivity contribution in [2.24, 2.45) is 4.99 Å². The number of carbonyl (C=O) groups is 2. The Bertz CT molecular complexity index is 1270. The molecule has 0 fully saturated rings. The molecule has 3 aromatic carbocycles. The summed E-state index contributed by atoms with van der Waals surface area (Å²) in [5, 5.41) is 10.7. The van der Waals surface area contributed by atoms with Crippen LogP contribution in [0.4, 0.5) is 5.69 Å². The highest BCUT2D eigenvalue weighted by molar-refractivity contribution is 6.12. The molecular formula is C24H16N2O6. The lowest BCUT2D eigenvalue weighted by Gasteiger charge is -2.04. The van der Waals surface area contributed by atoms with Crippen LogP contribution in [0.3, 0.4) is 0 Å². The minimum atomic E-state index is -0.641. The van der Waals surface area contributed by atoms with Crippen LogP contribution in [-0.2, 0) is 9.53 Å². The number of hydrogen-bond acceptors (Lipinski definition) is 7. The van der Waals surface area contributed by atoms with Gasteiger partial charge in [0.1, 0.15) is 5.75 Å². The maximum atomic E-state index is 12.2. The van der Waals surface area contributed by atoms with Gasteiger partial charge < -0.3 is 9.47 Å². The molecular weight excluding hydrogens is 412 g/mol. The second-order valence-electron chi connectivity index (χ2n) is 6.97. The molecule has 1 aliphatic heterocycles. The van der Waals surface area contributed by atoms with Gasteiger partial charge in [0, 0.05) is 17.7 Å². The summed E-state index contributed by atoms with van der Waals surface area (Å²) in [6.07, 6.45) is 1.58. The van der Waals surface area contributed by atoms with Crippen LogP contribution in [0.2, 0.25) is 0 Å². The van der Waals surface area contributed by atoms with Gasteiger partial charge in [-0.3, -0.25) is 10.1 Å². The molecule has 3 aromatic rings. The lowest BCUT2D eigenvalue weighted by Crippen LogP contribution is -2.08. The maximum Gasteiger partial charge on any atom is 0.363 e. The van der Waals surface area contributed by atoms with Crippen LogP contribution in [0.5, 0.6) is 5.75 Å². The zero-order valence-electron chi connectivity index (χ0n) is 16.8. The second kappa shape index (κ2) is 8.65. The van der Waals surface area contributed by atoms with Crippen molar-refractivity contribution in [2.45, 2.75) is 6.92 Å². The Morgan fingerprint density at radius 1 is 1.06 bits per heavy atom. The summed E-state index contributed by atoms with van der Waals surface area (Å²) in [5.74, 6) is -0.653. The molecule has 32 heavy (non-hydrogen) atoms. The van der Waals surface area contributed by atoms with E-state index in [0.29, 0.717) is 5.56 Å². The number of aryl methyl sites for hydroxylation is 1. The van der Waals surface area contributed by atoms with Crippen LogP contribution in [0.15, 0.2) is 83.5 Å². The average molecular weight is 428 g/mol. The Balaban J connectivity index is 1.46. The number of hydrogen-bond donors (Lipinski definition) is 0. The number of non-ortho nitro benzene ring substituents is 1. The van der Waals surface area contributed by atoms with E-state index in [1.165, 1.54) is 24.3 Å². The van der Waals surface area contributed by atoms with E-state index in [0.717, 1.165) is 11.1 Å². The van der Waals surface area contributed by atoms with Crippen molar-refractivity contribution < 1.29 is 24.0 Å². The van der Waals surface area contributed by atoms with Gasteiger partial charge in [0.15, 0.2) is 5.70 Å². The molecule has 0 aliphatic carbocycles. The van der Waals surface area contributed by atoms with Gasteiger partial charge in [-0.25, -0.2) is 14.6 Å². The molecule has 8 heteroatoms. The minimum Gasteiger partial charge on any atom is -0.423 e. The maximum absolute atomic E-state index is 12.2. The number of rotatable bonds is 5. The van der Waals surface area contributed by atoms with Crippen molar-refractivity contribution in [3.63, 3.8) is 0 Å². The van der Waals surface area contributed by atoms with E-state index in [2.05, 4.69) is 4.99 Å². The first-order valence-corrected chi connectivity index (χ1v) is 9.55. The number of esters is 2. The fourth-order valence-corrected chi connectivity index (χ4v) is 2.99. The highest BCUT2D eigenvalue weighted by Gasteiger charge is 2.24. The molecule has 0 saturated heterocycles. The number of nitro benzene ring substituents is 1. The molecule has 0 spiro atoms. The zero-order chi connectivity index (χ0) is 22.7. The van der Waals surface area contributed by atoms with Crippen LogP contribution < -0.4 is 4.74 Å².